The lowest BCUT2D eigenvalue weighted by Gasteiger charge is -2.06. The summed E-state index contributed by atoms with van der Waals surface area (Å²) >= 11 is 1.66. The van der Waals surface area contributed by atoms with E-state index in [1.165, 1.54) is 12.7 Å². The molecule has 0 amide bonds. The number of rotatable bonds is 4. The molecule has 0 atom stereocenters. The van der Waals surface area contributed by atoms with Crippen molar-refractivity contribution >= 4 is 17.3 Å². The molecule has 0 aliphatic rings. The molecule has 0 fully saturated rings. The molecule has 0 radical (unpaired) electrons. The van der Waals surface area contributed by atoms with E-state index in [2.05, 4.69) is 18.4 Å². The molecule has 1 aromatic carbocycles. The molecule has 1 aromatic heterocycles. The summed E-state index contributed by atoms with van der Waals surface area (Å²) in [6.45, 7) is 2.11. The Bertz CT molecular complexity index is 572. The van der Waals surface area contributed by atoms with Gasteiger partial charge in [-0.05, 0) is 41.1 Å². The van der Waals surface area contributed by atoms with Gasteiger partial charge in [-0.15, -0.1) is 11.3 Å². The first kappa shape index (κ1) is 12.6. The largest absolute Gasteiger partial charge is 0.496 e. The van der Waals surface area contributed by atoms with E-state index < -0.39 is 5.97 Å². The molecule has 0 aliphatic carbocycles. The molecule has 94 valence electrons. The van der Waals surface area contributed by atoms with Crippen LogP contribution in [-0.4, -0.2) is 18.2 Å². The fourth-order valence-corrected chi connectivity index (χ4v) is 2.73. The molecule has 0 unspecified atom stereocenters. The van der Waals surface area contributed by atoms with Gasteiger partial charge < -0.3 is 9.84 Å². The molecule has 2 rings (SSSR count). The van der Waals surface area contributed by atoms with Crippen LogP contribution in [0.15, 0.2) is 29.6 Å². The number of hydrogen-bond acceptors (Lipinski definition) is 3. The van der Waals surface area contributed by atoms with Crippen molar-refractivity contribution in [2.75, 3.05) is 7.11 Å². The fourth-order valence-electron chi connectivity index (χ4n) is 1.73. The lowest BCUT2D eigenvalue weighted by molar-refractivity contribution is 0.0693. The summed E-state index contributed by atoms with van der Waals surface area (Å²) in [5.74, 6) is -0.578. The Hall–Kier alpha value is -1.81. The summed E-state index contributed by atoms with van der Waals surface area (Å²) in [5.41, 5.74) is 2.46. The van der Waals surface area contributed by atoms with Gasteiger partial charge in [0.15, 0.2) is 0 Å². The number of hydrogen-bond donors (Lipinski definition) is 1. The minimum Gasteiger partial charge on any atom is -0.496 e. The zero-order valence-electron chi connectivity index (χ0n) is 10.3. The Morgan fingerprint density at radius 1 is 1.39 bits per heavy atom. The van der Waals surface area contributed by atoms with E-state index in [1.807, 2.05) is 6.07 Å². The molecular formula is C14H14O3S. The van der Waals surface area contributed by atoms with Crippen LogP contribution in [0.3, 0.4) is 0 Å². The average molecular weight is 262 g/mol. The number of ether oxygens (including phenoxy) is 1. The third kappa shape index (κ3) is 2.38. The molecule has 0 bridgehead atoms. The summed E-state index contributed by atoms with van der Waals surface area (Å²) in [5, 5.41) is 11.1. The lowest BCUT2D eigenvalue weighted by atomic mass is 10.1. The van der Waals surface area contributed by atoms with Gasteiger partial charge >= 0.3 is 5.97 Å². The van der Waals surface area contributed by atoms with E-state index >= 15 is 0 Å². The normalized spacial score (nSPS) is 10.3. The van der Waals surface area contributed by atoms with Gasteiger partial charge in [0, 0.05) is 4.88 Å². The first-order chi connectivity index (χ1) is 8.65. The maximum Gasteiger partial charge on any atom is 0.339 e. The van der Waals surface area contributed by atoms with Crippen LogP contribution in [0.2, 0.25) is 0 Å². The Balaban J connectivity index is 2.43. The number of benzene rings is 1. The summed E-state index contributed by atoms with van der Waals surface area (Å²) in [7, 11) is 1.48. The molecule has 1 N–H and O–H groups in total. The second kappa shape index (κ2) is 5.23. The molecule has 3 nitrogen and oxygen atoms in total. The van der Waals surface area contributed by atoms with E-state index in [1.54, 1.807) is 23.5 Å². The van der Waals surface area contributed by atoms with Crippen molar-refractivity contribution in [3.8, 4) is 16.2 Å². The van der Waals surface area contributed by atoms with Crippen molar-refractivity contribution in [2.24, 2.45) is 0 Å². The standard InChI is InChI=1S/C14H14O3S/c1-3-9-6-13(18-8-9)10-4-5-11(14(15)16)12(7-10)17-2/h4-8H,3H2,1-2H3,(H,15,16). The molecule has 2 aromatic rings. The van der Waals surface area contributed by atoms with E-state index in [0.717, 1.165) is 16.9 Å². The van der Waals surface area contributed by atoms with Gasteiger partial charge in [0.1, 0.15) is 11.3 Å². The minimum atomic E-state index is -0.973. The van der Waals surface area contributed by atoms with Crippen LogP contribution < -0.4 is 4.74 Å². The van der Waals surface area contributed by atoms with Gasteiger partial charge in [0.05, 0.1) is 7.11 Å². The van der Waals surface area contributed by atoms with Crippen LogP contribution in [0.1, 0.15) is 22.8 Å². The number of carboxylic acids is 1. The highest BCUT2D eigenvalue weighted by Crippen LogP contribution is 2.31. The number of carbonyl (C=O) groups is 1. The third-order valence-electron chi connectivity index (χ3n) is 2.78. The van der Waals surface area contributed by atoms with Crippen LogP contribution in [0.4, 0.5) is 0 Å². The summed E-state index contributed by atoms with van der Waals surface area (Å²) in [6.07, 6.45) is 1.00. The van der Waals surface area contributed by atoms with Gasteiger partial charge in [-0.2, -0.15) is 0 Å². The smallest absolute Gasteiger partial charge is 0.339 e. The van der Waals surface area contributed by atoms with Gasteiger partial charge in [-0.1, -0.05) is 13.0 Å². The molecule has 4 heteroatoms. The Morgan fingerprint density at radius 3 is 2.72 bits per heavy atom. The van der Waals surface area contributed by atoms with Crippen LogP contribution >= 0.6 is 11.3 Å². The third-order valence-corrected chi connectivity index (χ3v) is 3.81. The Kier molecular flexibility index (Phi) is 3.67. The van der Waals surface area contributed by atoms with E-state index in [0.29, 0.717) is 5.75 Å². The Morgan fingerprint density at radius 2 is 2.17 bits per heavy atom. The van der Waals surface area contributed by atoms with Crippen LogP contribution in [0, 0.1) is 0 Å². The first-order valence-corrected chi connectivity index (χ1v) is 6.52. The molecule has 0 saturated heterocycles. The van der Waals surface area contributed by atoms with Crippen molar-refractivity contribution < 1.29 is 14.6 Å². The predicted molar refractivity (Wildman–Crippen MR) is 72.6 cm³/mol. The lowest BCUT2D eigenvalue weighted by Crippen LogP contribution is -2.00. The monoisotopic (exact) mass is 262 g/mol. The van der Waals surface area contributed by atoms with E-state index in [4.69, 9.17) is 9.84 Å². The summed E-state index contributed by atoms with van der Waals surface area (Å²) in [6, 6.07) is 7.30. The second-order valence-corrected chi connectivity index (χ2v) is 4.80. The van der Waals surface area contributed by atoms with Gasteiger partial charge in [0.25, 0.3) is 0 Å². The summed E-state index contributed by atoms with van der Waals surface area (Å²) < 4.78 is 5.13. The number of carboxylic acid groups (broad SMARTS) is 1. The molecular weight excluding hydrogens is 248 g/mol. The van der Waals surface area contributed by atoms with Crippen molar-refractivity contribution in [3.63, 3.8) is 0 Å². The molecule has 18 heavy (non-hydrogen) atoms. The van der Waals surface area contributed by atoms with Crippen LogP contribution in [0.25, 0.3) is 10.4 Å². The highest BCUT2D eigenvalue weighted by molar-refractivity contribution is 7.13. The number of aryl methyl sites for hydroxylation is 1. The maximum atomic E-state index is 11.0. The SMILES string of the molecule is CCc1csc(-c2ccc(C(=O)O)c(OC)c2)c1. The maximum absolute atomic E-state index is 11.0. The predicted octanol–water partition coefficient (Wildman–Crippen LogP) is 3.68. The second-order valence-electron chi connectivity index (χ2n) is 3.89. The zero-order chi connectivity index (χ0) is 13.1. The van der Waals surface area contributed by atoms with Crippen molar-refractivity contribution in [2.45, 2.75) is 13.3 Å². The van der Waals surface area contributed by atoms with Crippen molar-refractivity contribution in [1.82, 2.24) is 0 Å². The number of methoxy groups -OCH3 is 1. The van der Waals surface area contributed by atoms with Gasteiger partial charge in [0.2, 0.25) is 0 Å². The highest BCUT2D eigenvalue weighted by Gasteiger charge is 2.12. The molecule has 0 aliphatic heterocycles. The topological polar surface area (TPSA) is 46.5 Å². The molecule has 1 heterocycles. The summed E-state index contributed by atoms with van der Waals surface area (Å²) in [4.78, 5) is 12.1. The quantitative estimate of drug-likeness (QED) is 0.914. The van der Waals surface area contributed by atoms with Crippen molar-refractivity contribution in [1.29, 1.82) is 0 Å². The van der Waals surface area contributed by atoms with Crippen LogP contribution in [0.5, 0.6) is 5.75 Å². The average Bonchev–Trinajstić information content (AvgIpc) is 2.86. The minimum absolute atomic E-state index is 0.188. The van der Waals surface area contributed by atoms with Crippen molar-refractivity contribution in [3.05, 3.63) is 40.8 Å². The van der Waals surface area contributed by atoms with Gasteiger partial charge in [-0.3, -0.25) is 0 Å². The zero-order valence-corrected chi connectivity index (χ0v) is 11.1. The van der Waals surface area contributed by atoms with Crippen LogP contribution in [-0.2, 0) is 6.42 Å². The Labute approximate surface area is 110 Å². The fraction of sp³-hybridized carbons (Fsp3) is 0.214. The first-order valence-electron chi connectivity index (χ1n) is 5.64. The van der Waals surface area contributed by atoms with Gasteiger partial charge in [-0.25, -0.2) is 4.79 Å². The number of thiophene rings is 1. The molecule has 0 spiro atoms. The molecule has 0 saturated carbocycles. The number of aromatic carboxylic acids is 1. The highest BCUT2D eigenvalue weighted by atomic mass is 32.1. The van der Waals surface area contributed by atoms with E-state index in [-0.39, 0.29) is 5.56 Å². The van der Waals surface area contributed by atoms with E-state index in [9.17, 15) is 4.79 Å².